The lowest BCUT2D eigenvalue weighted by molar-refractivity contribution is -0.121. The van der Waals surface area contributed by atoms with Crippen LogP contribution in [-0.2, 0) is 35.6 Å². The zero-order valence-electron chi connectivity index (χ0n) is 16.8. The van der Waals surface area contributed by atoms with Crippen molar-refractivity contribution >= 4 is 36.2 Å². The third-order valence-corrected chi connectivity index (χ3v) is 5.52. The highest BCUT2D eigenvalue weighted by Crippen LogP contribution is 2.30. The summed E-state index contributed by atoms with van der Waals surface area (Å²) in [4.78, 5) is 26.5. The SMILES string of the molecule is Bc1cccc2c3c(n(CC(=O)NC)c12)CCN(C(=O)OCc1ccccc1)C3. The maximum absolute atomic E-state index is 12.6. The second-order valence-electron chi connectivity index (χ2n) is 7.37. The molecule has 0 atom stereocenters. The van der Waals surface area contributed by atoms with E-state index in [1.165, 1.54) is 0 Å². The van der Waals surface area contributed by atoms with E-state index < -0.39 is 0 Å². The topological polar surface area (TPSA) is 63.6 Å². The molecule has 1 N–H and O–H groups in total. The van der Waals surface area contributed by atoms with Crippen LogP contribution in [0.2, 0.25) is 0 Å². The standard InChI is InChI=1S/C22H24BN3O3/c1-24-20(27)13-26-19-10-11-25(22(28)29-14-15-6-3-2-4-7-15)12-17(19)16-8-5-9-18(23)21(16)26/h2-9H,10-14,23H2,1H3,(H,24,27). The van der Waals surface area contributed by atoms with Crippen LogP contribution in [0.1, 0.15) is 16.8 Å². The normalized spacial score (nSPS) is 13.2. The average Bonchev–Trinajstić information content (AvgIpc) is 3.07. The number of para-hydroxylation sites is 1. The van der Waals surface area contributed by atoms with Crippen LogP contribution in [0.3, 0.4) is 0 Å². The summed E-state index contributed by atoms with van der Waals surface area (Å²) < 4.78 is 7.63. The molecule has 0 fully saturated rings. The smallest absolute Gasteiger partial charge is 0.410 e. The predicted octanol–water partition coefficient (Wildman–Crippen LogP) is 1.34. The van der Waals surface area contributed by atoms with Gasteiger partial charge in [0.15, 0.2) is 0 Å². The van der Waals surface area contributed by atoms with Crippen molar-refractivity contribution in [3.8, 4) is 0 Å². The minimum atomic E-state index is -0.306. The van der Waals surface area contributed by atoms with Crippen LogP contribution in [0, 0.1) is 0 Å². The van der Waals surface area contributed by atoms with Gasteiger partial charge in [0.05, 0.1) is 6.54 Å². The van der Waals surface area contributed by atoms with Gasteiger partial charge in [-0.05, 0) is 5.56 Å². The molecular formula is C22H24BN3O3. The third-order valence-electron chi connectivity index (χ3n) is 5.52. The maximum atomic E-state index is 12.6. The molecule has 2 aromatic carbocycles. The number of aromatic nitrogens is 1. The van der Waals surface area contributed by atoms with E-state index in [-0.39, 0.29) is 25.2 Å². The fraction of sp³-hybridized carbons (Fsp3) is 0.273. The molecule has 0 radical (unpaired) electrons. The number of ether oxygens (including phenoxy) is 1. The van der Waals surface area contributed by atoms with Gasteiger partial charge in [-0.15, -0.1) is 0 Å². The molecule has 4 rings (SSSR count). The van der Waals surface area contributed by atoms with Crippen molar-refractivity contribution in [2.75, 3.05) is 13.6 Å². The molecule has 0 aliphatic carbocycles. The number of fused-ring (bicyclic) bond motifs is 3. The Kier molecular flexibility index (Phi) is 5.29. The van der Waals surface area contributed by atoms with Crippen LogP contribution in [0.4, 0.5) is 4.79 Å². The Bertz CT molecular complexity index is 1060. The zero-order valence-corrected chi connectivity index (χ0v) is 16.8. The van der Waals surface area contributed by atoms with Crippen LogP contribution in [0.5, 0.6) is 0 Å². The Labute approximate surface area is 170 Å². The van der Waals surface area contributed by atoms with Crippen molar-refractivity contribution < 1.29 is 14.3 Å². The highest BCUT2D eigenvalue weighted by molar-refractivity contribution is 6.38. The molecular weight excluding hydrogens is 365 g/mol. The maximum Gasteiger partial charge on any atom is 0.410 e. The third kappa shape index (κ3) is 3.72. The first-order valence-electron chi connectivity index (χ1n) is 9.84. The fourth-order valence-corrected chi connectivity index (χ4v) is 4.05. The quantitative estimate of drug-likeness (QED) is 0.686. The van der Waals surface area contributed by atoms with Crippen molar-refractivity contribution in [1.29, 1.82) is 0 Å². The number of likely N-dealkylation sites (N-methyl/N-ethyl adjacent to an activating group) is 1. The van der Waals surface area contributed by atoms with Gasteiger partial charge in [0.2, 0.25) is 5.91 Å². The van der Waals surface area contributed by atoms with E-state index in [9.17, 15) is 9.59 Å². The summed E-state index contributed by atoms with van der Waals surface area (Å²) >= 11 is 0. The van der Waals surface area contributed by atoms with Crippen LogP contribution in [0.25, 0.3) is 10.9 Å². The van der Waals surface area contributed by atoms with E-state index in [4.69, 9.17) is 4.74 Å². The highest BCUT2D eigenvalue weighted by Gasteiger charge is 2.28. The van der Waals surface area contributed by atoms with Crippen molar-refractivity contribution in [1.82, 2.24) is 14.8 Å². The van der Waals surface area contributed by atoms with Gasteiger partial charge in [-0.3, -0.25) is 4.79 Å². The van der Waals surface area contributed by atoms with Gasteiger partial charge in [-0.25, -0.2) is 4.79 Å². The second-order valence-corrected chi connectivity index (χ2v) is 7.37. The minimum absolute atomic E-state index is 0.0300. The summed E-state index contributed by atoms with van der Waals surface area (Å²) in [7, 11) is 3.71. The first kappa shape index (κ1) is 19.1. The van der Waals surface area contributed by atoms with E-state index in [1.807, 2.05) is 36.4 Å². The summed E-state index contributed by atoms with van der Waals surface area (Å²) in [5.41, 5.74) is 5.40. The number of nitrogens with zero attached hydrogens (tertiary/aromatic N) is 2. The first-order valence-corrected chi connectivity index (χ1v) is 9.84. The Morgan fingerprint density at radius 2 is 1.93 bits per heavy atom. The monoisotopic (exact) mass is 389 g/mol. The van der Waals surface area contributed by atoms with Crippen LogP contribution < -0.4 is 10.8 Å². The number of hydrogen-bond acceptors (Lipinski definition) is 3. The highest BCUT2D eigenvalue weighted by atomic mass is 16.6. The lowest BCUT2D eigenvalue weighted by Crippen LogP contribution is -2.37. The zero-order chi connectivity index (χ0) is 20.4. The van der Waals surface area contributed by atoms with Gasteiger partial charge in [-0.1, -0.05) is 54.0 Å². The number of benzene rings is 2. The number of rotatable bonds is 4. The molecule has 0 unspecified atom stereocenters. The molecule has 2 amide bonds. The number of carbonyl (C=O) groups excluding carboxylic acids is 2. The molecule has 29 heavy (non-hydrogen) atoms. The van der Waals surface area contributed by atoms with Crippen LogP contribution in [0.15, 0.2) is 48.5 Å². The number of amides is 2. The Hall–Kier alpha value is -3.22. The fourth-order valence-electron chi connectivity index (χ4n) is 4.05. The molecule has 0 saturated heterocycles. The molecule has 1 aliphatic rings. The summed E-state index contributed by atoms with van der Waals surface area (Å²) in [6.07, 6.45) is 0.389. The minimum Gasteiger partial charge on any atom is -0.445 e. The molecule has 2 heterocycles. The van der Waals surface area contributed by atoms with E-state index in [1.54, 1.807) is 11.9 Å². The van der Waals surface area contributed by atoms with Crippen molar-refractivity contribution in [2.45, 2.75) is 26.1 Å². The van der Waals surface area contributed by atoms with E-state index in [0.717, 1.165) is 33.2 Å². The summed E-state index contributed by atoms with van der Waals surface area (Å²) in [5.74, 6) is -0.0300. The van der Waals surface area contributed by atoms with Gasteiger partial charge < -0.3 is 19.5 Å². The molecule has 148 valence electrons. The molecule has 0 bridgehead atoms. The molecule has 1 aromatic heterocycles. The summed E-state index contributed by atoms with van der Waals surface area (Å²) in [5, 5.41) is 3.81. The van der Waals surface area contributed by atoms with Gasteiger partial charge in [0.1, 0.15) is 21.0 Å². The lowest BCUT2D eigenvalue weighted by atomic mass is 9.93. The summed E-state index contributed by atoms with van der Waals surface area (Å²) in [6.45, 7) is 1.61. The molecule has 0 spiro atoms. The molecule has 0 saturated carbocycles. The predicted molar refractivity (Wildman–Crippen MR) is 115 cm³/mol. The Morgan fingerprint density at radius 3 is 2.69 bits per heavy atom. The van der Waals surface area contributed by atoms with Crippen molar-refractivity contribution in [3.05, 3.63) is 65.4 Å². The van der Waals surface area contributed by atoms with Gasteiger partial charge in [0, 0.05) is 42.2 Å². The van der Waals surface area contributed by atoms with E-state index in [0.29, 0.717) is 19.5 Å². The second kappa shape index (κ2) is 8.03. The lowest BCUT2D eigenvalue weighted by Gasteiger charge is -2.27. The first-order chi connectivity index (χ1) is 14.1. The molecule has 6 nitrogen and oxygen atoms in total. The van der Waals surface area contributed by atoms with E-state index in [2.05, 4.69) is 29.9 Å². The largest absolute Gasteiger partial charge is 0.445 e. The van der Waals surface area contributed by atoms with E-state index >= 15 is 0 Å². The number of nitrogens with one attached hydrogen (secondary N) is 1. The number of hydrogen-bond donors (Lipinski definition) is 1. The van der Waals surface area contributed by atoms with Gasteiger partial charge >= 0.3 is 6.09 Å². The summed E-state index contributed by atoms with van der Waals surface area (Å²) in [6, 6.07) is 15.8. The van der Waals surface area contributed by atoms with Gasteiger partial charge in [-0.2, -0.15) is 0 Å². The molecule has 1 aliphatic heterocycles. The van der Waals surface area contributed by atoms with Crippen LogP contribution >= 0.6 is 0 Å². The molecule has 3 aromatic rings. The van der Waals surface area contributed by atoms with Crippen molar-refractivity contribution in [2.24, 2.45) is 0 Å². The van der Waals surface area contributed by atoms with Crippen LogP contribution in [-0.4, -0.2) is 42.9 Å². The Morgan fingerprint density at radius 1 is 1.14 bits per heavy atom. The molecule has 7 heteroatoms. The Balaban J connectivity index is 1.59. The average molecular weight is 389 g/mol. The van der Waals surface area contributed by atoms with Crippen molar-refractivity contribution in [3.63, 3.8) is 0 Å². The number of carbonyl (C=O) groups is 2. The van der Waals surface area contributed by atoms with Gasteiger partial charge in [0.25, 0.3) is 0 Å².